The number of imidazole rings is 1. The zero-order chi connectivity index (χ0) is 13.7. The summed E-state index contributed by atoms with van der Waals surface area (Å²) in [4.78, 5) is 7.95. The van der Waals surface area contributed by atoms with Crippen LogP contribution in [0.2, 0.25) is 0 Å². The molecule has 2 N–H and O–H groups in total. The molecular weight excluding hydrogens is 236 g/mol. The van der Waals surface area contributed by atoms with Crippen molar-refractivity contribution in [3.05, 3.63) is 41.9 Å². The van der Waals surface area contributed by atoms with E-state index in [0.29, 0.717) is 5.92 Å². The van der Waals surface area contributed by atoms with Crippen molar-refractivity contribution in [2.24, 2.45) is 0 Å². The molecule has 2 rings (SSSR count). The summed E-state index contributed by atoms with van der Waals surface area (Å²) in [5.41, 5.74) is 3.37. The van der Waals surface area contributed by atoms with Crippen molar-refractivity contribution in [3.63, 3.8) is 0 Å². The Kier molecular flexibility index (Phi) is 4.74. The Bertz CT molecular complexity index is 496. The first-order valence-electron chi connectivity index (χ1n) is 6.97. The number of aliphatic hydroxyl groups is 1. The van der Waals surface area contributed by atoms with Gasteiger partial charge in [-0.25, -0.2) is 4.98 Å². The van der Waals surface area contributed by atoms with Crippen molar-refractivity contribution in [2.75, 3.05) is 6.61 Å². The third-order valence-electron chi connectivity index (χ3n) is 3.45. The van der Waals surface area contributed by atoms with Crippen LogP contribution in [0, 0.1) is 6.92 Å². The topological polar surface area (TPSA) is 48.9 Å². The number of nitrogens with one attached hydrogen (secondary N) is 1. The number of H-pyrrole nitrogens is 1. The van der Waals surface area contributed by atoms with Gasteiger partial charge in [-0.15, -0.1) is 0 Å². The molecule has 0 aliphatic carbocycles. The van der Waals surface area contributed by atoms with E-state index in [-0.39, 0.29) is 6.61 Å². The van der Waals surface area contributed by atoms with Gasteiger partial charge in [0.05, 0.1) is 5.69 Å². The van der Waals surface area contributed by atoms with Crippen LogP contribution in [0.15, 0.2) is 30.5 Å². The lowest BCUT2D eigenvalue weighted by Crippen LogP contribution is -2.03. The second-order valence-corrected chi connectivity index (χ2v) is 5.03. The van der Waals surface area contributed by atoms with E-state index in [1.54, 1.807) is 0 Å². The Morgan fingerprint density at radius 3 is 2.58 bits per heavy atom. The maximum Gasteiger partial charge on any atom is 0.109 e. The Morgan fingerprint density at radius 2 is 1.95 bits per heavy atom. The quantitative estimate of drug-likeness (QED) is 0.831. The molecule has 0 saturated heterocycles. The lowest BCUT2D eigenvalue weighted by atomic mass is 10.00. The van der Waals surface area contributed by atoms with Gasteiger partial charge in [-0.3, -0.25) is 0 Å². The maximum absolute atomic E-state index is 9.14. The summed E-state index contributed by atoms with van der Waals surface area (Å²) in [6.07, 6.45) is 4.89. The van der Waals surface area contributed by atoms with Crippen LogP contribution in [-0.4, -0.2) is 21.7 Å². The van der Waals surface area contributed by atoms with E-state index in [9.17, 15) is 0 Å². The van der Waals surface area contributed by atoms with E-state index in [4.69, 9.17) is 5.11 Å². The molecule has 0 amide bonds. The predicted octanol–water partition coefficient (Wildman–Crippen LogP) is 3.65. The van der Waals surface area contributed by atoms with Gasteiger partial charge in [-0.2, -0.15) is 0 Å². The summed E-state index contributed by atoms with van der Waals surface area (Å²) in [6, 6.07) is 8.38. The lowest BCUT2D eigenvalue weighted by Gasteiger charge is -2.11. The fraction of sp³-hybridized carbons (Fsp3) is 0.438. The number of benzene rings is 1. The molecule has 102 valence electrons. The third-order valence-corrected chi connectivity index (χ3v) is 3.45. The average molecular weight is 258 g/mol. The molecule has 3 nitrogen and oxygen atoms in total. The summed E-state index contributed by atoms with van der Waals surface area (Å²) >= 11 is 0. The number of aromatic amines is 1. The molecule has 1 aromatic carbocycles. The first-order chi connectivity index (χ1) is 9.24. The predicted molar refractivity (Wildman–Crippen MR) is 78.1 cm³/mol. The minimum Gasteiger partial charge on any atom is -0.396 e. The molecule has 0 bridgehead atoms. The molecule has 0 fully saturated rings. The SMILES string of the molecule is CCCC(CCO)c1nc(-c2ccc(C)cc2)c[nH]1. The zero-order valence-electron chi connectivity index (χ0n) is 11.7. The van der Waals surface area contributed by atoms with Crippen molar-refractivity contribution in [1.82, 2.24) is 9.97 Å². The average Bonchev–Trinajstić information content (AvgIpc) is 2.89. The minimum atomic E-state index is 0.214. The monoisotopic (exact) mass is 258 g/mol. The summed E-state index contributed by atoms with van der Waals surface area (Å²) in [5.74, 6) is 1.32. The van der Waals surface area contributed by atoms with E-state index in [2.05, 4.69) is 48.1 Å². The summed E-state index contributed by atoms with van der Waals surface area (Å²) in [5, 5.41) is 9.14. The summed E-state index contributed by atoms with van der Waals surface area (Å²) in [6.45, 7) is 4.46. The van der Waals surface area contributed by atoms with E-state index in [1.165, 1.54) is 5.56 Å². The number of aromatic nitrogens is 2. The second kappa shape index (κ2) is 6.53. The van der Waals surface area contributed by atoms with Crippen LogP contribution < -0.4 is 0 Å². The fourth-order valence-electron chi connectivity index (χ4n) is 2.34. The van der Waals surface area contributed by atoms with Gasteiger partial charge >= 0.3 is 0 Å². The van der Waals surface area contributed by atoms with Gasteiger partial charge in [0.2, 0.25) is 0 Å². The highest BCUT2D eigenvalue weighted by atomic mass is 16.3. The summed E-state index contributed by atoms with van der Waals surface area (Å²) in [7, 11) is 0. The molecule has 19 heavy (non-hydrogen) atoms. The van der Waals surface area contributed by atoms with Crippen molar-refractivity contribution in [3.8, 4) is 11.3 Å². The van der Waals surface area contributed by atoms with Crippen LogP contribution in [-0.2, 0) is 0 Å². The van der Waals surface area contributed by atoms with Crippen molar-refractivity contribution in [1.29, 1.82) is 0 Å². The molecule has 0 aliphatic rings. The Labute approximate surface area is 114 Å². The molecule has 1 atom stereocenters. The van der Waals surface area contributed by atoms with Crippen LogP contribution in [0.5, 0.6) is 0 Å². The minimum absolute atomic E-state index is 0.214. The Hall–Kier alpha value is -1.61. The molecule has 1 heterocycles. The molecule has 0 radical (unpaired) electrons. The standard InChI is InChI=1S/C16H22N2O/c1-3-4-14(9-10-19)16-17-11-15(18-16)13-7-5-12(2)6-8-13/h5-8,11,14,19H,3-4,9-10H2,1-2H3,(H,17,18). The van der Waals surface area contributed by atoms with Gasteiger partial charge in [-0.1, -0.05) is 43.2 Å². The van der Waals surface area contributed by atoms with Gasteiger partial charge in [0.1, 0.15) is 5.82 Å². The normalized spacial score (nSPS) is 12.6. The number of hydrogen-bond acceptors (Lipinski definition) is 2. The highest BCUT2D eigenvalue weighted by Gasteiger charge is 2.14. The van der Waals surface area contributed by atoms with E-state index in [0.717, 1.165) is 36.3 Å². The molecule has 1 aromatic heterocycles. The molecular formula is C16H22N2O. The molecule has 1 unspecified atom stereocenters. The van der Waals surface area contributed by atoms with Gasteiger partial charge in [0, 0.05) is 24.3 Å². The van der Waals surface area contributed by atoms with Crippen LogP contribution in [0.3, 0.4) is 0 Å². The van der Waals surface area contributed by atoms with E-state index < -0.39 is 0 Å². The van der Waals surface area contributed by atoms with Gasteiger partial charge < -0.3 is 10.1 Å². The number of aryl methyl sites for hydroxylation is 1. The molecule has 0 spiro atoms. The number of nitrogens with zero attached hydrogens (tertiary/aromatic N) is 1. The van der Waals surface area contributed by atoms with Crippen LogP contribution in [0.1, 0.15) is 43.5 Å². The number of aliphatic hydroxyl groups excluding tert-OH is 1. The van der Waals surface area contributed by atoms with Crippen LogP contribution in [0.25, 0.3) is 11.3 Å². The van der Waals surface area contributed by atoms with Crippen LogP contribution >= 0.6 is 0 Å². The first kappa shape index (κ1) is 13.8. The number of rotatable bonds is 6. The van der Waals surface area contributed by atoms with Gasteiger partial charge in [0.15, 0.2) is 0 Å². The Morgan fingerprint density at radius 1 is 1.21 bits per heavy atom. The molecule has 0 aliphatic heterocycles. The van der Waals surface area contributed by atoms with Crippen LogP contribution in [0.4, 0.5) is 0 Å². The highest BCUT2D eigenvalue weighted by Crippen LogP contribution is 2.25. The third kappa shape index (κ3) is 3.44. The van der Waals surface area contributed by atoms with Crippen molar-refractivity contribution in [2.45, 2.75) is 39.0 Å². The fourth-order valence-corrected chi connectivity index (χ4v) is 2.34. The summed E-state index contributed by atoms with van der Waals surface area (Å²) < 4.78 is 0. The maximum atomic E-state index is 9.14. The second-order valence-electron chi connectivity index (χ2n) is 5.03. The number of hydrogen-bond donors (Lipinski definition) is 2. The molecule has 2 aromatic rings. The zero-order valence-corrected chi connectivity index (χ0v) is 11.7. The Balaban J connectivity index is 2.19. The smallest absolute Gasteiger partial charge is 0.109 e. The molecule has 3 heteroatoms. The van der Waals surface area contributed by atoms with Crippen molar-refractivity contribution < 1.29 is 5.11 Å². The van der Waals surface area contributed by atoms with Gasteiger partial charge in [-0.05, 0) is 19.8 Å². The lowest BCUT2D eigenvalue weighted by molar-refractivity contribution is 0.270. The molecule has 0 saturated carbocycles. The first-order valence-corrected chi connectivity index (χ1v) is 6.97. The highest BCUT2D eigenvalue weighted by molar-refractivity contribution is 5.58. The van der Waals surface area contributed by atoms with E-state index >= 15 is 0 Å². The van der Waals surface area contributed by atoms with E-state index in [1.807, 2.05) is 6.20 Å². The van der Waals surface area contributed by atoms with Gasteiger partial charge in [0.25, 0.3) is 0 Å². The largest absolute Gasteiger partial charge is 0.396 e. The van der Waals surface area contributed by atoms with Crippen molar-refractivity contribution >= 4 is 0 Å².